The van der Waals surface area contributed by atoms with E-state index < -0.39 is 111 Å². The molecule has 208 valence electrons. The predicted octanol–water partition coefficient (Wildman–Crippen LogP) is -6.70. The van der Waals surface area contributed by atoms with Crippen molar-refractivity contribution in [1.82, 2.24) is 5.32 Å². The average molecular weight is 529 g/mol. The lowest BCUT2D eigenvalue weighted by atomic mass is 9.94. The number of aliphatic hydroxyl groups excluding tert-OH is 8. The lowest BCUT2D eigenvalue weighted by molar-refractivity contribution is -0.358. The van der Waals surface area contributed by atoms with E-state index in [4.69, 9.17) is 23.7 Å². The molecular formula is C19H31NO16. The van der Waals surface area contributed by atoms with Crippen molar-refractivity contribution in [1.29, 1.82) is 0 Å². The summed E-state index contributed by atoms with van der Waals surface area (Å²) >= 11 is 0. The number of carbonyl (C=O) groups excluding carboxylic acids is 1. The van der Waals surface area contributed by atoms with Crippen molar-refractivity contribution in [3.63, 3.8) is 0 Å². The third-order valence-corrected chi connectivity index (χ3v) is 6.07. The number of carboxylic acid groups (broad SMARTS) is 1. The number of hydrogen-bond donors (Lipinski definition) is 10. The molecule has 17 nitrogen and oxygen atoms in total. The Bertz CT molecular complexity index is 770. The van der Waals surface area contributed by atoms with Crippen molar-refractivity contribution < 1.29 is 79.2 Å². The molecule has 3 saturated heterocycles. The van der Waals surface area contributed by atoms with E-state index in [9.17, 15) is 55.5 Å². The van der Waals surface area contributed by atoms with Gasteiger partial charge in [-0.2, -0.15) is 0 Å². The number of nitrogens with one attached hydrogen (secondary N) is 1. The van der Waals surface area contributed by atoms with E-state index in [0.717, 1.165) is 6.92 Å². The van der Waals surface area contributed by atoms with Gasteiger partial charge in [0.05, 0.1) is 13.2 Å². The van der Waals surface area contributed by atoms with Gasteiger partial charge >= 0.3 is 5.97 Å². The number of carboxylic acids is 1. The summed E-state index contributed by atoms with van der Waals surface area (Å²) in [6.45, 7) is -0.198. The van der Waals surface area contributed by atoms with Crippen LogP contribution >= 0.6 is 0 Å². The molecule has 3 aliphatic heterocycles. The molecule has 14 atom stereocenters. The van der Waals surface area contributed by atoms with Crippen molar-refractivity contribution in [2.24, 2.45) is 0 Å². The highest BCUT2D eigenvalue weighted by Crippen LogP contribution is 2.31. The quantitative estimate of drug-likeness (QED) is 0.147. The molecule has 0 aromatic carbocycles. The second-order valence-corrected chi connectivity index (χ2v) is 8.66. The summed E-state index contributed by atoms with van der Waals surface area (Å²) in [6, 6.07) is -1.58. The standard InChI is InChI=1S/C19H31NO16/c1-4(22)20-7-13(34-19-11(27)10(26)9(25)6(2-21)33-19)12(28)14(16(29)30)35-18(7)36-15-8(24)5(23)3-32-17(15)31/h5-15,17-19,21,23-28,31H,2-3H2,1H3,(H,20,22)(H,29,30)/t5-,6-,7-,8-,9-,10+,11-,12-,13-,14+,15-,17-,18+,19-/m1/s1. The Morgan fingerprint density at radius 1 is 0.861 bits per heavy atom. The van der Waals surface area contributed by atoms with Crippen LogP contribution in [0.15, 0.2) is 0 Å². The lowest BCUT2D eigenvalue weighted by Crippen LogP contribution is -2.69. The Balaban J connectivity index is 1.92. The number of amides is 1. The molecule has 0 saturated carbocycles. The molecule has 3 fully saturated rings. The zero-order valence-corrected chi connectivity index (χ0v) is 18.9. The largest absolute Gasteiger partial charge is 0.479 e. The lowest BCUT2D eigenvalue weighted by Gasteiger charge is -2.48. The van der Waals surface area contributed by atoms with Crippen molar-refractivity contribution in [3.8, 4) is 0 Å². The van der Waals surface area contributed by atoms with Crippen molar-refractivity contribution in [3.05, 3.63) is 0 Å². The van der Waals surface area contributed by atoms with E-state index in [1.807, 2.05) is 0 Å². The molecule has 0 radical (unpaired) electrons. The Hall–Kier alpha value is -1.58. The summed E-state index contributed by atoms with van der Waals surface area (Å²) in [7, 11) is 0. The molecule has 17 heteroatoms. The smallest absolute Gasteiger partial charge is 0.335 e. The fourth-order valence-corrected chi connectivity index (χ4v) is 4.14. The Labute approximate surface area is 203 Å². The first-order valence-corrected chi connectivity index (χ1v) is 11.0. The van der Waals surface area contributed by atoms with Gasteiger partial charge in [0.1, 0.15) is 61.0 Å². The number of aliphatic hydroxyl groups is 8. The van der Waals surface area contributed by atoms with Crippen LogP contribution in [0.4, 0.5) is 0 Å². The van der Waals surface area contributed by atoms with Gasteiger partial charge in [0.25, 0.3) is 0 Å². The van der Waals surface area contributed by atoms with Gasteiger partial charge in [0, 0.05) is 6.92 Å². The molecule has 0 unspecified atom stereocenters. The topological polar surface area (TPSA) is 274 Å². The highest BCUT2D eigenvalue weighted by molar-refractivity contribution is 5.74. The molecular weight excluding hydrogens is 498 g/mol. The first-order chi connectivity index (χ1) is 16.9. The summed E-state index contributed by atoms with van der Waals surface area (Å²) < 4.78 is 26.4. The van der Waals surface area contributed by atoms with Gasteiger partial charge in [0.2, 0.25) is 5.91 Å². The fourth-order valence-electron chi connectivity index (χ4n) is 4.14. The van der Waals surface area contributed by atoms with E-state index in [0.29, 0.717) is 0 Å². The van der Waals surface area contributed by atoms with Gasteiger partial charge in [-0.15, -0.1) is 0 Å². The van der Waals surface area contributed by atoms with Crippen LogP contribution in [0, 0.1) is 0 Å². The second kappa shape index (κ2) is 11.9. The van der Waals surface area contributed by atoms with E-state index >= 15 is 0 Å². The molecule has 10 N–H and O–H groups in total. The third kappa shape index (κ3) is 5.94. The predicted molar refractivity (Wildman–Crippen MR) is 107 cm³/mol. The van der Waals surface area contributed by atoms with Gasteiger partial charge in [-0.05, 0) is 0 Å². The first-order valence-electron chi connectivity index (χ1n) is 11.0. The molecule has 36 heavy (non-hydrogen) atoms. The molecule has 3 rings (SSSR count). The summed E-state index contributed by atoms with van der Waals surface area (Å²) in [5.41, 5.74) is 0. The molecule has 0 aliphatic carbocycles. The monoisotopic (exact) mass is 529 g/mol. The minimum atomic E-state index is -2.07. The van der Waals surface area contributed by atoms with Crippen LogP contribution in [0.2, 0.25) is 0 Å². The van der Waals surface area contributed by atoms with Crippen molar-refractivity contribution in [2.75, 3.05) is 13.2 Å². The van der Waals surface area contributed by atoms with Crippen LogP contribution in [-0.4, -0.2) is 157 Å². The number of rotatable bonds is 7. The highest BCUT2D eigenvalue weighted by Gasteiger charge is 2.55. The number of aliphatic carboxylic acids is 1. The zero-order chi connectivity index (χ0) is 26.9. The van der Waals surface area contributed by atoms with Gasteiger partial charge in [-0.1, -0.05) is 0 Å². The SMILES string of the molecule is CC(=O)N[C@H]1[C@H](O[C@@H]2[C@H](O)[C@H](O)CO[C@H]2O)O[C@H](C(=O)O)[C@H](O)[C@@H]1O[C@H]1O[C@H](CO)[C@@H](O)[C@H](O)[C@H]1O. The van der Waals surface area contributed by atoms with Crippen LogP contribution in [0.5, 0.6) is 0 Å². The maximum atomic E-state index is 11.9. The summed E-state index contributed by atoms with van der Waals surface area (Å²) in [5.74, 6) is -2.46. The maximum absolute atomic E-state index is 11.9. The van der Waals surface area contributed by atoms with Crippen molar-refractivity contribution >= 4 is 11.9 Å². The van der Waals surface area contributed by atoms with E-state index in [1.54, 1.807) is 0 Å². The second-order valence-electron chi connectivity index (χ2n) is 8.66. The third-order valence-electron chi connectivity index (χ3n) is 6.07. The normalized spacial score (nSPS) is 47.8. The average Bonchev–Trinajstić information content (AvgIpc) is 2.82. The van der Waals surface area contributed by atoms with Gasteiger partial charge in [-0.25, -0.2) is 4.79 Å². The molecule has 0 bridgehead atoms. The summed E-state index contributed by atoms with van der Waals surface area (Å²) in [4.78, 5) is 23.7. The number of hydrogen-bond acceptors (Lipinski definition) is 15. The van der Waals surface area contributed by atoms with E-state index in [1.165, 1.54) is 0 Å². The Morgan fingerprint density at radius 2 is 1.50 bits per heavy atom. The van der Waals surface area contributed by atoms with Crippen molar-refractivity contribution in [2.45, 2.75) is 92.9 Å². The van der Waals surface area contributed by atoms with E-state index in [2.05, 4.69) is 5.32 Å². The molecule has 0 aromatic heterocycles. The Kier molecular flexibility index (Phi) is 9.55. The summed E-state index contributed by atoms with van der Waals surface area (Å²) in [5, 5.41) is 92.4. The molecule has 3 heterocycles. The number of carbonyl (C=O) groups is 2. The molecule has 0 aromatic rings. The van der Waals surface area contributed by atoms with E-state index in [-0.39, 0.29) is 0 Å². The van der Waals surface area contributed by atoms with Gasteiger partial charge in [0.15, 0.2) is 25.0 Å². The fraction of sp³-hybridized carbons (Fsp3) is 0.895. The molecule has 3 aliphatic rings. The Morgan fingerprint density at radius 3 is 2.08 bits per heavy atom. The van der Waals surface area contributed by atoms with Crippen LogP contribution < -0.4 is 5.32 Å². The van der Waals surface area contributed by atoms with Gasteiger partial charge < -0.3 is 75.0 Å². The van der Waals surface area contributed by atoms with Crippen LogP contribution in [0.25, 0.3) is 0 Å². The highest BCUT2D eigenvalue weighted by atomic mass is 16.7. The van der Waals surface area contributed by atoms with Crippen LogP contribution in [-0.2, 0) is 33.3 Å². The summed E-state index contributed by atoms with van der Waals surface area (Å²) in [6.07, 6.45) is -23.3. The zero-order valence-electron chi connectivity index (χ0n) is 18.9. The van der Waals surface area contributed by atoms with Crippen LogP contribution in [0.1, 0.15) is 6.92 Å². The van der Waals surface area contributed by atoms with Crippen LogP contribution in [0.3, 0.4) is 0 Å². The molecule has 0 spiro atoms. The first kappa shape index (κ1) is 29.0. The minimum Gasteiger partial charge on any atom is -0.479 e. The van der Waals surface area contributed by atoms with Gasteiger partial charge in [-0.3, -0.25) is 4.79 Å². The number of ether oxygens (including phenoxy) is 5. The minimum absolute atomic E-state index is 0.442. The maximum Gasteiger partial charge on any atom is 0.335 e. The molecule has 1 amide bonds.